The Morgan fingerprint density at radius 1 is 0.895 bits per heavy atom. The molecule has 0 spiro atoms. The summed E-state index contributed by atoms with van der Waals surface area (Å²) < 4.78 is 7.59. The number of nitrogens with zero attached hydrogens (tertiary/aromatic N) is 3. The minimum absolute atomic E-state index is 0.0671. The number of aromatic nitrogens is 3. The number of carbonyl (C=O) groups excluding carboxylic acids is 2. The molecule has 0 atom stereocenters. The smallest absolute Gasteiger partial charge is 0.411 e. The second-order valence-electron chi connectivity index (χ2n) is 8.40. The Balaban J connectivity index is 1.45. The summed E-state index contributed by atoms with van der Waals surface area (Å²) in [5.74, 6) is -0.282. The highest BCUT2D eigenvalue weighted by Gasteiger charge is 2.09. The molecule has 4 rings (SSSR count). The number of anilines is 1. The van der Waals surface area contributed by atoms with Crippen molar-refractivity contribution < 1.29 is 14.3 Å². The first-order valence-corrected chi connectivity index (χ1v) is 12.0. The van der Waals surface area contributed by atoms with Crippen molar-refractivity contribution in [1.82, 2.24) is 19.7 Å². The zero-order valence-corrected chi connectivity index (χ0v) is 20.8. The number of carbonyl (C=O) groups is 2. The summed E-state index contributed by atoms with van der Waals surface area (Å²) in [7, 11) is 0. The van der Waals surface area contributed by atoms with Gasteiger partial charge >= 0.3 is 6.09 Å². The van der Waals surface area contributed by atoms with Crippen molar-refractivity contribution in [1.29, 1.82) is 0 Å². The van der Waals surface area contributed by atoms with Crippen LogP contribution >= 0.6 is 0 Å². The predicted octanol–water partition coefficient (Wildman–Crippen LogP) is 3.01. The van der Waals surface area contributed by atoms with E-state index >= 15 is 0 Å². The van der Waals surface area contributed by atoms with Crippen molar-refractivity contribution in [3.63, 3.8) is 0 Å². The molecule has 2 heterocycles. The van der Waals surface area contributed by atoms with Crippen molar-refractivity contribution in [2.24, 2.45) is 0 Å². The van der Waals surface area contributed by atoms with E-state index in [2.05, 4.69) is 15.7 Å². The van der Waals surface area contributed by atoms with Gasteiger partial charge in [0.1, 0.15) is 6.54 Å². The lowest BCUT2D eigenvalue weighted by Crippen LogP contribution is -2.31. The molecule has 0 aliphatic carbocycles. The number of hydrogen-bond acceptors (Lipinski definition) is 6. The topological polar surface area (TPSA) is 124 Å². The molecule has 0 saturated carbocycles. The van der Waals surface area contributed by atoms with E-state index in [-0.39, 0.29) is 43.3 Å². The molecule has 2 amide bonds. The Hall–Kier alpha value is -4.99. The van der Waals surface area contributed by atoms with Gasteiger partial charge in [-0.05, 0) is 48.4 Å². The molecule has 2 N–H and O–H groups in total. The fourth-order valence-electron chi connectivity index (χ4n) is 3.76. The van der Waals surface area contributed by atoms with E-state index in [1.165, 1.54) is 21.4 Å². The maximum absolute atomic E-state index is 12.5. The van der Waals surface area contributed by atoms with Crippen LogP contribution in [0.5, 0.6) is 0 Å². The van der Waals surface area contributed by atoms with Gasteiger partial charge in [0.15, 0.2) is 0 Å². The van der Waals surface area contributed by atoms with Crippen LogP contribution in [0.4, 0.5) is 10.5 Å². The monoisotopic (exact) mass is 513 g/mol. The second-order valence-corrected chi connectivity index (χ2v) is 8.40. The van der Waals surface area contributed by atoms with Gasteiger partial charge in [-0.15, -0.1) is 0 Å². The molecular formula is C28H27N5O5. The number of ether oxygens (including phenoxy) is 1. The van der Waals surface area contributed by atoms with Crippen LogP contribution in [0.2, 0.25) is 0 Å². The summed E-state index contributed by atoms with van der Waals surface area (Å²) >= 11 is 0. The summed E-state index contributed by atoms with van der Waals surface area (Å²) in [6.45, 7) is 2.40. The molecule has 4 aromatic rings. The van der Waals surface area contributed by atoms with Crippen molar-refractivity contribution in [2.75, 3.05) is 11.9 Å². The van der Waals surface area contributed by atoms with Gasteiger partial charge in [0.25, 0.3) is 11.1 Å². The van der Waals surface area contributed by atoms with E-state index in [0.29, 0.717) is 11.4 Å². The highest BCUT2D eigenvalue weighted by atomic mass is 16.5. The molecule has 0 aliphatic heterocycles. The Morgan fingerprint density at radius 3 is 2.53 bits per heavy atom. The summed E-state index contributed by atoms with van der Waals surface area (Å²) in [6, 6.07) is 22.4. The van der Waals surface area contributed by atoms with Gasteiger partial charge < -0.3 is 14.6 Å². The number of rotatable bonds is 9. The standard InChI is InChI=1S/C28H27N5O5/c1-2-38-28(37)30-23-10-6-8-21(16-23)18-33-27(36)13-12-24(31-33)22-9-5-7-20(15-22)17-29-25(34)19-32-14-4-3-11-26(32)35/h3-16H,2,17-19H2,1H3,(H,29,34)(H,30,37). The molecule has 0 aliphatic rings. The fraction of sp³-hybridized carbons (Fsp3) is 0.179. The maximum atomic E-state index is 12.5. The van der Waals surface area contributed by atoms with Gasteiger partial charge in [0.2, 0.25) is 5.91 Å². The summed E-state index contributed by atoms with van der Waals surface area (Å²) in [5.41, 5.74) is 3.03. The Labute approximate surface area is 218 Å². The lowest BCUT2D eigenvalue weighted by molar-refractivity contribution is -0.121. The minimum Gasteiger partial charge on any atom is -0.450 e. The van der Waals surface area contributed by atoms with E-state index < -0.39 is 6.09 Å². The third-order valence-corrected chi connectivity index (χ3v) is 5.57. The first kappa shape index (κ1) is 26.1. The molecule has 38 heavy (non-hydrogen) atoms. The normalized spacial score (nSPS) is 10.6. The molecule has 2 aromatic heterocycles. The lowest BCUT2D eigenvalue weighted by Gasteiger charge is -2.11. The van der Waals surface area contributed by atoms with Gasteiger partial charge in [-0.1, -0.05) is 36.4 Å². The van der Waals surface area contributed by atoms with Crippen molar-refractivity contribution in [3.05, 3.63) is 117 Å². The summed E-state index contributed by atoms with van der Waals surface area (Å²) in [4.78, 5) is 48.3. The molecule has 10 nitrogen and oxygen atoms in total. The first-order chi connectivity index (χ1) is 18.4. The van der Waals surface area contributed by atoms with Crippen LogP contribution in [-0.4, -0.2) is 33.0 Å². The van der Waals surface area contributed by atoms with Gasteiger partial charge in [0, 0.05) is 36.1 Å². The average molecular weight is 514 g/mol. The molecule has 2 aromatic carbocycles. The summed E-state index contributed by atoms with van der Waals surface area (Å²) in [6.07, 6.45) is 1.02. The van der Waals surface area contributed by atoms with Crippen LogP contribution < -0.4 is 21.8 Å². The van der Waals surface area contributed by atoms with Crippen LogP contribution in [0, 0.1) is 0 Å². The molecule has 10 heteroatoms. The number of pyridine rings is 1. The maximum Gasteiger partial charge on any atom is 0.411 e. The Kier molecular flexibility index (Phi) is 8.45. The lowest BCUT2D eigenvalue weighted by atomic mass is 10.1. The predicted molar refractivity (Wildman–Crippen MR) is 143 cm³/mol. The van der Waals surface area contributed by atoms with Gasteiger partial charge in [-0.25, -0.2) is 9.48 Å². The molecule has 0 radical (unpaired) electrons. The van der Waals surface area contributed by atoms with Crippen molar-refractivity contribution in [3.8, 4) is 11.3 Å². The molecule has 0 bridgehead atoms. The zero-order valence-electron chi connectivity index (χ0n) is 20.8. The van der Waals surface area contributed by atoms with E-state index in [1.807, 2.05) is 30.3 Å². The third-order valence-electron chi connectivity index (χ3n) is 5.57. The zero-order chi connectivity index (χ0) is 26.9. The molecule has 0 saturated heterocycles. The van der Waals surface area contributed by atoms with Gasteiger partial charge in [-0.3, -0.25) is 19.7 Å². The van der Waals surface area contributed by atoms with Crippen LogP contribution in [0.3, 0.4) is 0 Å². The van der Waals surface area contributed by atoms with Crippen LogP contribution in [-0.2, 0) is 29.2 Å². The van der Waals surface area contributed by atoms with Crippen LogP contribution in [0.1, 0.15) is 18.1 Å². The molecule has 194 valence electrons. The highest BCUT2D eigenvalue weighted by molar-refractivity contribution is 5.84. The molecule has 0 fully saturated rings. The Bertz CT molecular complexity index is 1560. The quantitative estimate of drug-likeness (QED) is 0.355. The second kappa shape index (κ2) is 12.3. The molecular weight excluding hydrogens is 486 g/mol. The summed E-state index contributed by atoms with van der Waals surface area (Å²) in [5, 5.41) is 9.99. The van der Waals surface area contributed by atoms with Gasteiger partial charge in [-0.2, -0.15) is 5.10 Å². The van der Waals surface area contributed by atoms with E-state index in [0.717, 1.165) is 16.7 Å². The number of nitrogens with one attached hydrogen (secondary N) is 2. The van der Waals surface area contributed by atoms with Crippen LogP contribution in [0.15, 0.2) is 94.6 Å². The van der Waals surface area contributed by atoms with E-state index in [4.69, 9.17) is 4.74 Å². The van der Waals surface area contributed by atoms with Gasteiger partial charge in [0.05, 0.1) is 18.8 Å². The van der Waals surface area contributed by atoms with E-state index in [9.17, 15) is 19.2 Å². The third kappa shape index (κ3) is 7.03. The SMILES string of the molecule is CCOC(=O)Nc1cccc(Cn2nc(-c3cccc(CNC(=O)Cn4ccccc4=O)c3)ccc2=O)c1. The first-order valence-electron chi connectivity index (χ1n) is 12.0. The van der Waals surface area contributed by atoms with E-state index in [1.54, 1.807) is 49.5 Å². The fourth-order valence-corrected chi connectivity index (χ4v) is 3.76. The Morgan fingerprint density at radius 2 is 1.71 bits per heavy atom. The number of hydrogen-bond donors (Lipinski definition) is 2. The largest absolute Gasteiger partial charge is 0.450 e. The van der Waals surface area contributed by atoms with Crippen LogP contribution in [0.25, 0.3) is 11.3 Å². The average Bonchev–Trinajstić information content (AvgIpc) is 2.90. The van der Waals surface area contributed by atoms with Crippen molar-refractivity contribution >= 4 is 17.7 Å². The van der Waals surface area contributed by atoms with Crippen molar-refractivity contribution in [2.45, 2.75) is 26.6 Å². The number of amides is 2. The highest BCUT2D eigenvalue weighted by Crippen LogP contribution is 2.18. The number of benzene rings is 2. The minimum atomic E-state index is -0.549. The molecule has 0 unspecified atom stereocenters.